The zero-order valence-electron chi connectivity index (χ0n) is 16.5. The predicted molar refractivity (Wildman–Crippen MR) is 114 cm³/mol. The van der Waals surface area contributed by atoms with Crippen LogP contribution in [0.25, 0.3) is 28.0 Å². The molecule has 4 heteroatoms. The second-order valence-corrected chi connectivity index (χ2v) is 7.52. The van der Waals surface area contributed by atoms with Gasteiger partial charge in [0.15, 0.2) is 0 Å². The van der Waals surface area contributed by atoms with Gasteiger partial charge in [0, 0.05) is 21.9 Å². The molecule has 0 bridgehead atoms. The summed E-state index contributed by atoms with van der Waals surface area (Å²) in [6.07, 6.45) is 3.76. The van der Waals surface area contributed by atoms with Crippen LogP contribution in [-0.4, -0.2) is 26.4 Å². The zero-order chi connectivity index (χ0) is 20.1. The summed E-state index contributed by atoms with van der Waals surface area (Å²) in [6.45, 7) is 5.85. The van der Waals surface area contributed by atoms with Crippen LogP contribution in [0, 0.1) is 13.8 Å². The number of aryl methyl sites for hydroxylation is 2. The molecule has 0 N–H and O–H groups in total. The fourth-order valence-electron chi connectivity index (χ4n) is 3.70. The summed E-state index contributed by atoms with van der Waals surface area (Å²) in [5.74, 6) is 0.314. The summed E-state index contributed by atoms with van der Waals surface area (Å²) in [7, 11) is 7.65. The van der Waals surface area contributed by atoms with Crippen molar-refractivity contribution in [3.8, 4) is 16.9 Å². The second-order valence-electron chi connectivity index (χ2n) is 7.52. The molecule has 0 amide bonds. The van der Waals surface area contributed by atoms with Gasteiger partial charge in [-0.2, -0.15) is 0 Å². The van der Waals surface area contributed by atoms with Gasteiger partial charge in [-0.3, -0.25) is 0 Å². The number of carbonyl (C=O) groups is 1. The molecule has 0 saturated carbocycles. The molecular formula is C24H21BO3. The van der Waals surface area contributed by atoms with Gasteiger partial charge >= 0.3 is 5.97 Å². The van der Waals surface area contributed by atoms with Crippen molar-refractivity contribution in [3.05, 3.63) is 70.8 Å². The number of methoxy groups -OCH3 is 1. The number of hydrogen-bond donors (Lipinski definition) is 0. The maximum atomic E-state index is 12.9. The van der Waals surface area contributed by atoms with Crippen molar-refractivity contribution in [1.29, 1.82) is 0 Å². The standard InChI is InChI=1S/C24H21BO3/c1-14-5-8-16(9-6-14)20-18-11-12-24(3,25)28-22(18)17-10-7-15(2)13-19(17)21(20)23(26)27-4/h5-13H,1-4H3. The number of benzene rings is 3. The number of ether oxygens (including phenoxy) is 2. The Hall–Kier alpha value is -3.01. The average Bonchev–Trinajstić information content (AvgIpc) is 2.66. The molecule has 0 aromatic heterocycles. The lowest BCUT2D eigenvalue weighted by atomic mass is 9.79. The van der Waals surface area contributed by atoms with Gasteiger partial charge in [0.25, 0.3) is 0 Å². The van der Waals surface area contributed by atoms with Crippen molar-refractivity contribution in [1.82, 2.24) is 0 Å². The van der Waals surface area contributed by atoms with Crippen molar-refractivity contribution in [2.24, 2.45) is 0 Å². The fraction of sp³-hybridized carbons (Fsp3) is 0.208. The molecule has 1 aliphatic heterocycles. The maximum Gasteiger partial charge on any atom is 0.339 e. The molecule has 1 aliphatic rings. The van der Waals surface area contributed by atoms with E-state index in [-0.39, 0.29) is 5.97 Å². The maximum absolute atomic E-state index is 12.9. The largest absolute Gasteiger partial charge is 0.492 e. The van der Waals surface area contributed by atoms with Gasteiger partial charge in [-0.15, -0.1) is 0 Å². The van der Waals surface area contributed by atoms with Crippen LogP contribution in [0.4, 0.5) is 0 Å². The highest BCUT2D eigenvalue weighted by molar-refractivity contribution is 6.19. The van der Waals surface area contributed by atoms with Crippen LogP contribution in [0.1, 0.15) is 34.0 Å². The lowest BCUT2D eigenvalue weighted by Crippen LogP contribution is -2.32. The molecule has 0 saturated heterocycles. The smallest absolute Gasteiger partial charge is 0.339 e. The van der Waals surface area contributed by atoms with E-state index in [1.807, 2.05) is 75.4 Å². The van der Waals surface area contributed by atoms with Crippen molar-refractivity contribution in [2.75, 3.05) is 7.11 Å². The minimum Gasteiger partial charge on any atom is -0.492 e. The number of fused-ring (bicyclic) bond motifs is 3. The van der Waals surface area contributed by atoms with Crippen LogP contribution in [0.3, 0.4) is 0 Å². The molecule has 0 fully saturated rings. The molecular weight excluding hydrogens is 347 g/mol. The minimum atomic E-state index is -0.915. The van der Waals surface area contributed by atoms with Crippen molar-refractivity contribution in [3.63, 3.8) is 0 Å². The van der Waals surface area contributed by atoms with E-state index in [4.69, 9.17) is 17.3 Å². The summed E-state index contributed by atoms with van der Waals surface area (Å²) < 4.78 is 11.3. The second kappa shape index (κ2) is 6.56. The molecule has 1 heterocycles. The molecule has 138 valence electrons. The topological polar surface area (TPSA) is 35.5 Å². The van der Waals surface area contributed by atoms with E-state index < -0.39 is 5.50 Å². The van der Waals surface area contributed by atoms with Crippen LogP contribution in [-0.2, 0) is 4.74 Å². The van der Waals surface area contributed by atoms with Crippen LogP contribution in [0.5, 0.6) is 5.75 Å². The first-order chi connectivity index (χ1) is 13.3. The van der Waals surface area contributed by atoms with E-state index >= 15 is 0 Å². The van der Waals surface area contributed by atoms with Crippen LogP contribution < -0.4 is 4.74 Å². The number of carbonyl (C=O) groups excluding carboxylic acids is 1. The molecule has 3 aromatic rings. The van der Waals surface area contributed by atoms with Crippen molar-refractivity contribution in [2.45, 2.75) is 26.3 Å². The first-order valence-corrected chi connectivity index (χ1v) is 9.23. The van der Waals surface area contributed by atoms with Gasteiger partial charge in [-0.1, -0.05) is 65.7 Å². The Morgan fingerprint density at radius 3 is 2.39 bits per heavy atom. The highest BCUT2D eigenvalue weighted by Gasteiger charge is 2.30. The molecule has 3 aromatic carbocycles. The summed E-state index contributed by atoms with van der Waals surface area (Å²) >= 11 is 0. The molecule has 2 radical (unpaired) electrons. The van der Waals surface area contributed by atoms with E-state index in [1.54, 1.807) is 0 Å². The number of rotatable bonds is 2. The monoisotopic (exact) mass is 368 g/mol. The zero-order valence-corrected chi connectivity index (χ0v) is 16.5. The van der Waals surface area contributed by atoms with Gasteiger partial charge in [-0.25, -0.2) is 4.79 Å². The summed E-state index contributed by atoms with van der Waals surface area (Å²) in [5, 5.41) is 1.64. The first-order valence-electron chi connectivity index (χ1n) is 9.23. The highest BCUT2D eigenvalue weighted by atomic mass is 16.5. The molecule has 1 unspecified atom stereocenters. The first kappa shape index (κ1) is 18.4. The van der Waals surface area contributed by atoms with Gasteiger partial charge in [0.05, 0.1) is 18.2 Å². The third kappa shape index (κ3) is 2.99. The van der Waals surface area contributed by atoms with Gasteiger partial charge in [-0.05, 0) is 26.3 Å². The number of esters is 1. The summed E-state index contributed by atoms with van der Waals surface area (Å²) in [4.78, 5) is 12.9. The van der Waals surface area contributed by atoms with Gasteiger partial charge in [0.2, 0.25) is 0 Å². The third-order valence-corrected chi connectivity index (χ3v) is 5.09. The predicted octanol–water partition coefficient (Wildman–Crippen LogP) is 5.20. The molecule has 0 spiro atoms. The van der Waals surface area contributed by atoms with Crippen molar-refractivity contribution < 1.29 is 14.3 Å². The molecule has 1 atom stereocenters. The van der Waals surface area contributed by atoms with E-state index in [9.17, 15) is 4.79 Å². The van der Waals surface area contributed by atoms with E-state index in [2.05, 4.69) is 0 Å². The Morgan fingerprint density at radius 1 is 1.04 bits per heavy atom. The Bertz CT molecular complexity index is 1130. The lowest BCUT2D eigenvalue weighted by Gasteiger charge is -2.31. The highest BCUT2D eigenvalue weighted by Crippen LogP contribution is 2.46. The van der Waals surface area contributed by atoms with Crippen LogP contribution >= 0.6 is 0 Å². The van der Waals surface area contributed by atoms with Gasteiger partial charge in [0.1, 0.15) is 13.6 Å². The quantitative estimate of drug-likeness (QED) is 0.461. The van der Waals surface area contributed by atoms with E-state index in [0.29, 0.717) is 11.3 Å². The molecule has 4 rings (SSSR count). The van der Waals surface area contributed by atoms with Crippen molar-refractivity contribution >= 4 is 30.7 Å². The number of hydrogen-bond acceptors (Lipinski definition) is 3. The Labute approximate surface area is 166 Å². The Balaban J connectivity index is 2.19. The molecule has 3 nitrogen and oxygen atoms in total. The van der Waals surface area contributed by atoms with E-state index in [1.165, 1.54) is 7.11 Å². The van der Waals surface area contributed by atoms with E-state index in [0.717, 1.165) is 38.6 Å². The average molecular weight is 368 g/mol. The van der Waals surface area contributed by atoms with Gasteiger partial charge < -0.3 is 9.47 Å². The lowest BCUT2D eigenvalue weighted by molar-refractivity contribution is 0.0604. The molecule has 28 heavy (non-hydrogen) atoms. The Morgan fingerprint density at radius 2 is 1.71 bits per heavy atom. The minimum absolute atomic E-state index is 0.372. The summed E-state index contributed by atoms with van der Waals surface area (Å²) in [6, 6.07) is 14.1. The Kier molecular flexibility index (Phi) is 4.30. The SMILES string of the molecule is [B]C1(C)C=Cc2c(-c3ccc(C)cc3)c(C(=O)OC)c3cc(C)ccc3c2O1. The van der Waals surface area contributed by atoms with Crippen LogP contribution in [0.15, 0.2) is 48.5 Å². The normalized spacial score (nSPS) is 17.9. The van der Waals surface area contributed by atoms with Crippen LogP contribution in [0.2, 0.25) is 0 Å². The summed E-state index contributed by atoms with van der Waals surface area (Å²) in [5.41, 5.74) is 4.39. The fourth-order valence-corrected chi connectivity index (χ4v) is 3.70. The molecule has 0 aliphatic carbocycles. The third-order valence-electron chi connectivity index (χ3n) is 5.09.